The number of benzene rings is 1. The molecule has 1 saturated heterocycles. The molecule has 3 nitrogen and oxygen atoms in total. The predicted octanol–water partition coefficient (Wildman–Crippen LogP) is 1.54. The fourth-order valence-corrected chi connectivity index (χ4v) is 2.66. The molecule has 3 heteroatoms. The third-order valence-electron chi connectivity index (χ3n) is 3.30. The minimum absolute atomic E-state index is 0.0356. The average Bonchev–Trinajstić information content (AvgIpc) is 2.27. The number of piperazine rings is 1. The number of aliphatic hydroxyl groups excluding tert-OH is 1. The van der Waals surface area contributed by atoms with E-state index in [2.05, 4.69) is 55.3 Å². The van der Waals surface area contributed by atoms with Crippen LogP contribution in [-0.2, 0) is 0 Å². The summed E-state index contributed by atoms with van der Waals surface area (Å²) < 4.78 is 0. The van der Waals surface area contributed by atoms with Gasteiger partial charge in [0.05, 0.1) is 6.61 Å². The molecule has 94 valence electrons. The van der Waals surface area contributed by atoms with Crippen molar-refractivity contribution in [2.24, 2.45) is 0 Å². The fourth-order valence-electron chi connectivity index (χ4n) is 2.66. The summed E-state index contributed by atoms with van der Waals surface area (Å²) in [6, 6.07) is 8.59. The van der Waals surface area contributed by atoms with Gasteiger partial charge in [-0.15, -0.1) is 0 Å². The second-order valence-electron chi connectivity index (χ2n) is 5.57. The summed E-state index contributed by atoms with van der Waals surface area (Å²) in [7, 11) is 0. The van der Waals surface area contributed by atoms with Crippen molar-refractivity contribution in [1.29, 1.82) is 0 Å². The normalized spacial score (nSPS) is 23.8. The molecular weight excluding hydrogens is 212 g/mol. The van der Waals surface area contributed by atoms with Gasteiger partial charge in [0.1, 0.15) is 0 Å². The van der Waals surface area contributed by atoms with Crippen LogP contribution >= 0.6 is 0 Å². The molecule has 2 rings (SSSR count). The Bertz CT molecular complexity index is 390. The lowest BCUT2D eigenvalue weighted by Gasteiger charge is -2.44. The van der Waals surface area contributed by atoms with E-state index in [1.165, 1.54) is 11.3 Å². The second-order valence-corrected chi connectivity index (χ2v) is 5.57. The van der Waals surface area contributed by atoms with Crippen molar-refractivity contribution < 1.29 is 5.11 Å². The van der Waals surface area contributed by atoms with E-state index in [0.29, 0.717) is 0 Å². The van der Waals surface area contributed by atoms with Gasteiger partial charge in [0.25, 0.3) is 0 Å². The summed E-state index contributed by atoms with van der Waals surface area (Å²) in [5.41, 5.74) is 2.61. The van der Waals surface area contributed by atoms with Gasteiger partial charge in [-0.25, -0.2) is 0 Å². The predicted molar refractivity (Wildman–Crippen MR) is 71.5 cm³/mol. The van der Waals surface area contributed by atoms with E-state index >= 15 is 0 Å². The Morgan fingerprint density at radius 3 is 2.76 bits per heavy atom. The number of para-hydroxylation sites is 1. The number of aliphatic hydroxyl groups is 1. The zero-order valence-corrected chi connectivity index (χ0v) is 10.9. The number of hydrogen-bond donors (Lipinski definition) is 2. The molecule has 2 N–H and O–H groups in total. The molecule has 17 heavy (non-hydrogen) atoms. The van der Waals surface area contributed by atoms with Crippen LogP contribution in [0.25, 0.3) is 0 Å². The molecule has 1 heterocycles. The Morgan fingerprint density at radius 1 is 1.41 bits per heavy atom. The van der Waals surface area contributed by atoms with Crippen LogP contribution in [0.1, 0.15) is 19.4 Å². The van der Waals surface area contributed by atoms with E-state index in [1.54, 1.807) is 0 Å². The molecule has 1 atom stereocenters. The van der Waals surface area contributed by atoms with Crippen LogP contribution < -0.4 is 10.2 Å². The zero-order chi connectivity index (χ0) is 12.5. The maximum Gasteiger partial charge on any atom is 0.0602 e. The molecule has 0 aliphatic carbocycles. The highest BCUT2D eigenvalue weighted by molar-refractivity contribution is 5.54. The minimum atomic E-state index is 0.0356. The van der Waals surface area contributed by atoms with E-state index < -0.39 is 0 Å². The van der Waals surface area contributed by atoms with Crippen LogP contribution in [0, 0.1) is 6.92 Å². The van der Waals surface area contributed by atoms with Gasteiger partial charge in [-0.05, 0) is 32.4 Å². The highest BCUT2D eigenvalue weighted by Crippen LogP contribution is 2.24. The summed E-state index contributed by atoms with van der Waals surface area (Å²) in [5, 5.41) is 12.8. The average molecular weight is 234 g/mol. The molecule has 0 aromatic heterocycles. The van der Waals surface area contributed by atoms with Gasteiger partial charge in [-0.3, -0.25) is 0 Å². The first-order chi connectivity index (χ1) is 8.02. The van der Waals surface area contributed by atoms with Crippen molar-refractivity contribution in [1.82, 2.24) is 5.32 Å². The van der Waals surface area contributed by atoms with Crippen molar-refractivity contribution in [2.75, 3.05) is 24.6 Å². The standard InChI is InChI=1S/C14H22N2O/c1-11-6-4-5-7-13(11)16-8-12(9-17)15-14(2,3)10-16/h4-7,12,15,17H,8-10H2,1-3H3. The van der Waals surface area contributed by atoms with Gasteiger partial charge in [0.15, 0.2) is 0 Å². The minimum Gasteiger partial charge on any atom is -0.395 e. The Balaban J connectivity index is 2.24. The van der Waals surface area contributed by atoms with Crippen LogP contribution in [0.2, 0.25) is 0 Å². The third-order valence-corrected chi connectivity index (χ3v) is 3.30. The maximum atomic E-state index is 9.37. The molecule has 0 spiro atoms. The van der Waals surface area contributed by atoms with Gasteiger partial charge in [0.2, 0.25) is 0 Å². The van der Waals surface area contributed by atoms with E-state index in [4.69, 9.17) is 0 Å². The molecule has 0 bridgehead atoms. The van der Waals surface area contributed by atoms with Crippen molar-refractivity contribution in [3.8, 4) is 0 Å². The summed E-state index contributed by atoms with van der Waals surface area (Å²) in [6.07, 6.45) is 0. The van der Waals surface area contributed by atoms with Gasteiger partial charge in [0, 0.05) is 30.4 Å². The second kappa shape index (κ2) is 4.67. The number of rotatable bonds is 2. The monoisotopic (exact) mass is 234 g/mol. The first kappa shape index (κ1) is 12.4. The summed E-state index contributed by atoms with van der Waals surface area (Å²) in [6.45, 7) is 8.52. The molecule has 1 aromatic carbocycles. The number of anilines is 1. The highest BCUT2D eigenvalue weighted by atomic mass is 16.3. The lowest BCUT2D eigenvalue weighted by Crippen LogP contribution is -2.63. The summed E-state index contributed by atoms with van der Waals surface area (Å²) in [5.74, 6) is 0. The molecule has 1 unspecified atom stereocenters. The number of aryl methyl sites for hydroxylation is 1. The van der Waals surface area contributed by atoms with E-state index in [1.807, 2.05) is 0 Å². The first-order valence-electron chi connectivity index (χ1n) is 6.21. The Hall–Kier alpha value is -1.06. The van der Waals surface area contributed by atoms with E-state index in [9.17, 15) is 5.11 Å². The fraction of sp³-hybridized carbons (Fsp3) is 0.571. The van der Waals surface area contributed by atoms with Crippen molar-refractivity contribution in [3.63, 3.8) is 0 Å². The summed E-state index contributed by atoms with van der Waals surface area (Å²) in [4.78, 5) is 2.37. The van der Waals surface area contributed by atoms with Gasteiger partial charge in [-0.2, -0.15) is 0 Å². The molecule has 1 aliphatic heterocycles. The van der Waals surface area contributed by atoms with E-state index in [0.717, 1.165) is 13.1 Å². The number of hydrogen-bond acceptors (Lipinski definition) is 3. The third kappa shape index (κ3) is 2.79. The van der Waals surface area contributed by atoms with Crippen molar-refractivity contribution in [3.05, 3.63) is 29.8 Å². The first-order valence-corrected chi connectivity index (χ1v) is 6.21. The van der Waals surface area contributed by atoms with Gasteiger partial charge in [-0.1, -0.05) is 18.2 Å². The smallest absolute Gasteiger partial charge is 0.0602 e. The molecule has 1 aliphatic rings. The molecule has 1 fully saturated rings. The van der Waals surface area contributed by atoms with Crippen LogP contribution in [0.4, 0.5) is 5.69 Å². The maximum absolute atomic E-state index is 9.37. The highest BCUT2D eigenvalue weighted by Gasteiger charge is 2.31. The Morgan fingerprint density at radius 2 is 2.12 bits per heavy atom. The topological polar surface area (TPSA) is 35.5 Å². The number of nitrogens with one attached hydrogen (secondary N) is 1. The molecule has 1 aromatic rings. The van der Waals surface area contributed by atoms with Gasteiger partial charge >= 0.3 is 0 Å². The summed E-state index contributed by atoms with van der Waals surface area (Å²) >= 11 is 0. The van der Waals surface area contributed by atoms with Gasteiger partial charge < -0.3 is 15.3 Å². The molecule has 0 saturated carbocycles. The van der Waals surface area contributed by atoms with Crippen LogP contribution in [0.15, 0.2) is 24.3 Å². The quantitative estimate of drug-likeness (QED) is 0.815. The van der Waals surface area contributed by atoms with E-state index in [-0.39, 0.29) is 18.2 Å². The largest absolute Gasteiger partial charge is 0.395 e. The molecule has 0 amide bonds. The zero-order valence-electron chi connectivity index (χ0n) is 10.9. The van der Waals surface area contributed by atoms with Crippen LogP contribution in [-0.4, -0.2) is 36.4 Å². The molecule has 0 radical (unpaired) electrons. The van der Waals surface area contributed by atoms with Crippen molar-refractivity contribution in [2.45, 2.75) is 32.4 Å². The lowest BCUT2D eigenvalue weighted by atomic mass is 9.97. The number of nitrogens with zero attached hydrogens (tertiary/aromatic N) is 1. The van der Waals surface area contributed by atoms with Crippen molar-refractivity contribution >= 4 is 5.69 Å². The Kier molecular flexibility index (Phi) is 3.40. The van der Waals surface area contributed by atoms with Crippen LogP contribution in [0.3, 0.4) is 0 Å². The SMILES string of the molecule is Cc1ccccc1N1CC(CO)NC(C)(C)C1. The molecular formula is C14H22N2O. The van der Waals surface area contributed by atoms with Crippen LogP contribution in [0.5, 0.6) is 0 Å². The Labute approximate surface area is 103 Å². The lowest BCUT2D eigenvalue weighted by molar-refractivity contribution is 0.191.